The van der Waals surface area contributed by atoms with Crippen molar-refractivity contribution >= 4 is 16.5 Å². The van der Waals surface area contributed by atoms with Gasteiger partial charge in [-0.2, -0.15) is 0 Å². The number of nitrogens with one attached hydrogen (secondary N) is 1. The maximum atomic E-state index is 4.54. The van der Waals surface area contributed by atoms with Crippen LogP contribution in [0.15, 0.2) is 6.20 Å². The summed E-state index contributed by atoms with van der Waals surface area (Å²) in [7, 11) is 0. The molecule has 19 heavy (non-hydrogen) atoms. The SMILES string of the molecule is CCN(CC)c1ncc(CNC2CCCC(C)C2)s1. The minimum absolute atomic E-state index is 0.711. The summed E-state index contributed by atoms with van der Waals surface area (Å²) in [6.07, 6.45) is 7.50. The molecule has 4 heteroatoms. The van der Waals surface area contributed by atoms with Crippen LogP contribution in [0.2, 0.25) is 0 Å². The van der Waals surface area contributed by atoms with Gasteiger partial charge in [0.05, 0.1) is 0 Å². The van der Waals surface area contributed by atoms with Gasteiger partial charge in [0.15, 0.2) is 5.13 Å². The molecule has 2 unspecified atom stereocenters. The molecule has 0 bridgehead atoms. The average Bonchev–Trinajstić information content (AvgIpc) is 2.87. The van der Waals surface area contributed by atoms with Crippen molar-refractivity contribution < 1.29 is 0 Å². The number of hydrogen-bond donors (Lipinski definition) is 1. The van der Waals surface area contributed by atoms with Crippen molar-refractivity contribution in [3.05, 3.63) is 11.1 Å². The van der Waals surface area contributed by atoms with Gasteiger partial charge in [0.25, 0.3) is 0 Å². The van der Waals surface area contributed by atoms with E-state index in [1.54, 1.807) is 0 Å². The zero-order valence-corrected chi connectivity index (χ0v) is 13.3. The largest absolute Gasteiger partial charge is 0.349 e. The van der Waals surface area contributed by atoms with E-state index in [2.05, 4.69) is 36.0 Å². The van der Waals surface area contributed by atoms with Crippen molar-refractivity contribution in [2.75, 3.05) is 18.0 Å². The highest BCUT2D eigenvalue weighted by atomic mass is 32.1. The third-order valence-corrected chi connectivity index (χ3v) is 5.13. The van der Waals surface area contributed by atoms with E-state index in [0.29, 0.717) is 6.04 Å². The maximum absolute atomic E-state index is 4.54. The van der Waals surface area contributed by atoms with Gasteiger partial charge in [-0.05, 0) is 32.6 Å². The van der Waals surface area contributed by atoms with E-state index in [0.717, 1.165) is 25.6 Å². The Bertz CT molecular complexity index is 373. The van der Waals surface area contributed by atoms with Crippen LogP contribution in [-0.2, 0) is 6.54 Å². The summed E-state index contributed by atoms with van der Waals surface area (Å²) in [5, 5.41) is 4.87. The molecule has 0 aromatic carbocycles. The molecule has 0 spiro atoms. The van der Waals surface area contributed by atoms with Crippen LogP contribution in [0.4, 0.5) is 5.13 Å². The monoisotopic (exact) mass is 281 g/mol. The van der Waals surface area contributed by atoms with Crippen molar-refractivity contribution in [3.63, 3.8) is 0 Å². The Labute approximate surface area is 121 Å². The van der Waals surface area contributed by atoms with E-state index in [9.17, 15) is 0 Å². The van der Waals surface area contributed by atoms with Crippen LogP contribution in [0, 0.1) is 5.92 Å². The second kappa shape index (κ2) is 7.25. The summed E-state index contributed by atoms with van der Waals surface area (Å²) in [4.78, 5) is 8.22. The molecule has 1 aliphatic carbocycles. The summed E-state index contributed by atoms with van der Waals surface area (Å²) in [5.74, 6) is 0.888. The van der Waals surface area contributed by atoms with E-state index in [1.165, 1.54) is 35.7 Å². The quantitative estimate of drug-likeness (QED) is 0.862. The Hall–Kier alpha value is -0.610. The number of nitrogens with zero attached hydrogens (tertiary/aromatic N) is 2. The van der Waals surface area contributed by atoms with Crippen LogP contribution < -0.4 is 10.2 Å². The summed E-state index contributed by atoms with van der Waals surface area (Å²) in [6.45, 7) is 9.81. The Balaban J connectivity index is 1.83. The normalized spacial score (nSPS) is 23.5. The summed E-state index contributed by atoms with van der Waals surface area (Å²) in [6, 6.07) is 0.711. The molecule has 1 N–H and O–H groups in total. The van der Waals surface area contributed by atoms with Gasteiger partial charge in [-0.3, -0.25) is 0 Å². The molecule has 2 rings (SSSR count). The molecule has 1 aliphatic rings. The van der Waals surface area contributed by atoms with Crippen molar-refractivity contribution in [2.45, 2.75) is 59.0 Å². The number of aromatic nitrogens is 1. The third-order valence-electron chi connectivity index (χ3n) is 4.08. The fourth-order valence-electron chi connectivity index (χ4n) is 2.88. The topological polar surface area (TPSA) is 28.2 Å². The molecule has 108 valence electrons. The first-order valence-electron chi connectivity index (χ1n) is 7.66. The maximum Gasteiger partial charge on any atom is 0.185 e. The summed E-state index contributed by atoms with van der Waals surface area (Å²) < 4.78 is 0. The smallest absolute Gasteiger partial charge is 0.185 e. The Morgan fingerprint density at radius 1 is 1.37 bits per heavy atom. The molecule has 0 amide bonds. The zero-order valence-electron chi connectivity index (χ0n) is 12.5. The van der Waals surface area contributed by atoms with Crippen LogP contribution >= 0.6 is 11.3 Å². The van der Waals surface area contributed by atoms with Gasteiger partial charge < -0.3 is 10.2 Å². The van der Waals surface area contributed by atoms with Gasteiger partial charge in [-0.1, -0.05) is 19.8 Å². The highest BCUT2D eigenvalue weighted by molar-refractivity contribution is 7.15. The number of anilines is 1. The summed E-state index contributed by atoms with van der Waals surface area (Å²) >= 11 is 1.83. The molecular weight excluding hydrogens is 254 g/mol. The highest BCUT2D eigenvalue weighted by Crippen LogP contribution is 2.25. The number of thiazole rings is 1. The second-order valence-electron chi connectivity index (χ2n) is 5.63. The zero-order chi connectivity index (χ0) is 13.7. The number of rotatable bonds is 6. The van der Waals surface area contributed by atoms with Crippen LogP contribution in [0.25, 0.3) is 0 Å². The first-order valence-corrected chi connectivity index (χ1v) is 8.47. The van der Waals surface area contributed by atoms with Gasteiger partial charge in [0.1, 0.15) is 0 Å². The predicted molar refractivity (Wildman–Crippen MR) is 83.9 cm³/mol. The second-order valence-corrected chi connectivity index (χ2v) is 6.72. The first kappa shape index (κ1) is 14.8. The van der Waals surface area contributed by atoms with Crippen molar-refractivity contribution in [1.82, 2.24) is 10.3 Å². The first-order chi connectivity index (χ1) is 9.22. The predicted octanol–water partition coefficient (Wildman–Crippen LogP) is 3.66. The standard InChI is InChI=1S/C15H27N3S/c1-4-18(5-2)15-17-11-14(19-15)10-16-13-8-6-7-12(3)9-13/h11-13,16H,4-10H2,1-3H3. The van der Waals surface area contributed by atoms with Gasteiger partial charge in [0, 0.05) is 36.8 Å². The molecule has 0 aliphatic heterocycles. The molecule has 3 nitrogen and oxygen atoms in total. The molecule has 1 saturated carbocycles. The Morgan fingerprint density at radius 2 is 2.16 bits per heavy atom. The molecule has 1 fully saturated rings. The number of hydrogen-bond acceptors (Lipinski definition) is 4. The fourth-order valence-corrected chi connectivity index (χ4v) is 3.87. The van der Waals surface area contributed by atoms with E-state index in [1.807, 2.05) is 17.5 Å². The highest BCUT2D eigenvalue weighted by Gasteiger charge is 2.18. The molecule has 0 saturated heterocycles. The molecule has 1 aromatic heterocycles. The van der Waals surface area contributed by atoms with Crippen molar-refractivity contribution in [2.24, 2.45) is 5.92 Å². The van der Waals surface area contributed by atoms with Gasteiger partial charge in [-0.15, -0.1) is 11.3 Å². The Morgan fingerprint density at radius 3 is 2.84 bits per heavy atom. The van der Waals surface area contributed by atoms with Gasteiger partial charge in [-0.25, -0.2) is 4.98 Å². The lowest BCUT2D eigenvalue weighted by molar-refractivity contribution is 0.301. The molecule has 1 heterocycles. The van der Waals surface area contributed by atoms with E-state index in [4.69, 9.17) is 0 Å². The van der Waals surface area contributed by atoms with Crippen molar-refractivity contribution in [1.29, 1.82) is 0 Å². The minimum atomic E-state index is 0.711. The average molecular weight is 281 g/mol. The molecule has 1 aromatic rings. The van der Waals surface area contributed by atoms with Crippen LogP contribution in [-0.4, -0.2) is 24.1 Å². The van der Waals surface area contributed by atoms with Gasteiger partial charge >= 0.3 is 0 Å². The fraction of sp³-hybridized carbons (Fsp3) is 0.800. The minimum Gasteiger partial charge on any atom is -0.349 e. The van der Waals surface area contributed by atoms with Crippen molar-refractivity contribution in [3.8, 4) is 0 Å². The lowest BCUT2D eigenvalue weighted by Gasteiger charge is -2.27. The molecule has 2 atom stereocenters. The lowest BCUT2D eigenvalue weighted by Crippen LogP contribution is -2.32. The van der Waals surface area contributed by atoms with E-state index < -0.39 is 0 Å². The lowest BCUT2D eigenvalue weighted by atomic mass is 9.87. The van der Waals surface area contributed by atoms with E-state index >= 15 is 0 Å². The third kappa shape index (κ3) is 4.18. The Kier molecular flexibility index (Phi) is 5.64. The summed E-state index contributed by atoms with van der Waals surface area (Å²) in [5.41, 5.74) is 0. The van der Waals surface area contributed by atoms with Gasteiger partial charge in [0.2, 0.25) is 0 Å². The molecular formula is C15H27N3S. The van der Waals surface area contributed by atoms with Crippen LogP contribution in [0.1, 0.15) is 51.3 Å². The molecule has 0 radical (unpaired) electrons. The van der Waals surface area contributed by atoms with E-state index in [-0.39, 0.29) is 0 Å². The van der Waals surface area contributed by atoms with Crippen LogP contribution in [0.5, 0.6) is 0 Å². The van der Waals surface area contributed by atoms with Crippen LogP contribution in [0.3, 0.4) is 0 Å².